The Morgan fingerprint density at radius 3 is 2.31 bits per heavy atom. The van der Waals surface area contributed by atoms with Gasteiger partial charge in [0, 0.05) is 12.5 Å². The molecule has 158 valence electrons. The topological polar surface area (TPSA) is 63.7 Å². The van der Waals surface area contributed by atoms with E-state index in [1.165, 1.54) is 12.1 Å². The van der Waals surface area contributed by atoms with Crippen molar-refractivity contribution in [2.45, 2.75) is 43.8 Å². The van der Waals surface area contributed by atoms with Gasteiger partial charge in [0.15, 0.2) is 0 Å². The third-order valence-corrected chi connectivity index (χ3v) is 6.02. The summed E-state index contributed by atoms with van der Waals surface area (Å²) in [6, 6.07) is 9.74. The van der Waals surface area contributed by atoms with Crippen molar-refractivity contribution in [1.82, 2.24) is 0 Å². The molecule has 0 heterocycles. The first-order valence-electron chi connectivity index (χ1n) is 8.96. The minimum absolute atomic E-state index is 0.00274. The molecule has 0 fully saturated rings. The van der Waals surface area contributed by atoms with Crippen LogP contribution in [-0.2, 0) is 21.0 Å². The fraction of sp³-hybridized carbons (Fsp3) is 0.350. The molecule has 29 heavy (non-hydrogen) atoms. The lowest BCUT2D eigenvalue weighted by molar-refractivity contribution is -0.137. The smallest absolute Gasteiger partial charge is 0.416 e. The largest absolute Gasteiger partial charge is 0.491 e. The van der Waals surface area contributed by atoms with Crippen molar-refractivity contribution in [3.8, 4) is 5.75 Å². The van der Waals surface area contributed by atoms with E-state index in [0.29, 0.717) is 12.7 Å². The first kappa shape index (κ1) is 22.7. The Morgan fingerprint density at radius 1 is 1.10 bits per heavy atom. The second kappa shape index (κ2) is 9.30. The number of ether oxygens (including phenoxy) is 1. The first-order chi connectivity index (χ1) is 13.6. The second-order valence-corrected chi connectivity index (χ2v) is 8.36. The lowest BCUT2D eigenvalue weighted by Gasteiger charge is -2.30. The molecule has 0 aromatic heterocycles. The molecule has 2 aromatic rings. The quantitative estimate of drug-likeness (QED) is 0.429. The van der Waals surface area contributed by atoms with Crippen LogP contribution in [0.15, 0.2) is 53.4 Å². The highest BCUT2D eigenvalue weighted by atomic mass is 32.2. The fourth-order valence-corrected chi connectivity index (χ4v) is 4.42. The highest BCUT2D eigenvalue weighted by Crippen LogP contribution is 2.39. The predicted molar refractivity (Wildman–Crippen MR) is 103 cm³/mol. The first-order valence-corrected chi connectivity index (χ1v) is 10.4. The van der Waals surface area contributed by atoms with Gasteiger partial charge in [0.1, 0.15) is 12.0 Å². The van der Waals surface area contributed by atoms with E-state index in [1.807, 2.05) is 0 Å². The lowest BCUT2D eigenvalue weighted by atomic mass is 10.1. The molecule has 0 aliphatic heterocycles. The highest BCUT2D eigenvalue weighted by molar-refractivity contribution is 7.92. The zero-order valence-electron chi connectivity index (χ0n) is 16.0. The van der Waals surface area contributed by atoms with Crippen LogP contribution in [0.1, 0.15) is 32.3 Å². The maximum atomic E-state index is 13.2. The Kier molecular flexibility index (Phi) is 7.29. The average Bonchev–Trinajstić information content (AvgIpc) is 2.65. The van der Waals surface area contributed by atoms with Gasteiger partial charge in [-0.25, -0.2) is 8.42 Å². The number of rotatable bonds is 9. The van der Waals surface area contributed by atoms with Gasteiger partial charge in [0.25, 0.3) is 10.0 Å². The number of hydrogen-bond donors (Lipinski definition) is 0. The third-order valence-electron chi connectivity index (χ3n) is 4.02. The van der Waals surface area contributed by atoms with Gasteiger partial charge < -0.3 is 9.53 Å². The number of nitrogens with zero attached hydrogens (tertiary/aromatic N) is 1. The van der Waals surface area contributed by atoms with Crippen LogP contribution in [0.2, 0.25) is 0 Å². The molecule has 0 aliphatic carbocycles. The Hall–Kier alpha value is -2.55. The Labute approximate surface area is 168 Å². The standard InChI is InChI=1S/C20H22F3NO4S/c1-15(2)24(29(26,27)17-8-4-3-5-9-17)18-11-10-16(20(21,22)23)14-19(18)28-13-7-6-12-25/h3-5,8-12,14-15H,6-7,13H2,1-2H3. The minimum atomic E-state index is -4.61. The van der Waals surface area contributed by atoms with Crippen LogP contribution in [0, 0.1) is 0 Å². The summed E-state index contributed by atoms with van der Waals surface area (Å²) in [5.41, 5.74) is -0.949. The van der Waals surface area contributed by atoms with E-state index in [2.05, 4.69) is 0 Å². The van der Waals surface area contributed by atoms with E-state index in [4.69, 9.17) is 4.74 Å². The van der Waals surface area contributed by atoms with Gasteiger partial charge in [-0.3, -0.25) is 4.31 Å². The van der Waals surface area contributed by atoms with Crippen molar-refractivity contribution < 1.29 is 31.1 Å². The van der Waals surface area contributed by atoms with Crippen molar-refractivity contribution in [3.05, 3.63) is 54.1 Å². The number of sulfonamides is 1. The summed E-state index contributed by atoms with van der Waals surface area (Å²) in [7, 11) is -4.04. The normalized spacial score (nSPS) is 12.1. The third kappa shape index (κ3) is 5.50. The van der Waals surface area contributed by atoms with Gasteiger partial charge in [-0.15, -0.1) is 0 Å². The zero-order valence-corrected chi connectivity index (χ0v) is 16.8. The molecule has 0 aliphatic rings. The average molecular weight is 429 g/mol. The van der Waals surface area contributed by atoms with E-state index in [-0.39, 0.29) is 29.4 Å². The van der Waals surface area contributed by atoms with E-state index >= 15 is 0 Å². The van der Waals surface area contributed by atoms with E-state index < -0.39 is 27.8 Å². The van der Waals surface area contributed by atoms with Crippen molar-refractivity contribution in [2.24, 2.45) is 0 Å². The number of unbranched alkanes of at least 4 members (excludes halogenated alkanes) is 1. The number of alkyl halides is 3. The molecule has 2 aromatic carbocycles. The number of carbonyl (C=O) groups is 1. The van der Waals surface area contributed by atoms with E-state index in [1.54, 1.807) is 32.0 Å². The number of halogens is 3. The maximum absolute atomic E-state index is 13.2. The van der Waals surface area contributed by atoms with Gasteiger partial charge in [0.2, 0.25) is 0 Å². The molecule has 0 N–H and O–H groups in total. The van der Waals surface area contributed by atoms with Crippen molar-refractivity contribution in [3.63, 3.8) is 0 Å². The molecule has 5 nitrogen and oxygen atoms in total. The number of carbonyl (C=O) groups excluding carboxylic acids is 1. The molecule has 0 amide bonds. The van der Waals surface area contributed by atoms with Crippen LogP contribution < -0.4 is 9.04 Å². The summed E-state index contributed by atoms with van der Waals surface area (Å²) < 4.78 is 72.4. The second-order valence-electron chi connectivity index (χ2n) is 6.55. The van der Waals surface area contributed by atoms with Crippen LogP contribution >= 0.6 is 0 Å². The molecule has 0 saturated carbocycles. The fourth-order valence-electron chi connectivity index (χ4n) is 2.73. The Morgan fingerprint density at radius 2 is 1.76 bits per heavy atom. The van der Waals surface area contributed by atoms with E-state index in [0.717, 1.165) is 22.5 Å². The molecule has 0 bridgehead atoms. The summed E-state index contributed by atoms with van der Waals surface area (Å²) in [5.74, 6) is -0.209. The van der Waals surface area contributed by atoms with Crippen LogP contribution in [0.5, 0.6) is 5.75 Å². The van der Waals surface area contributed by atoms with Gasteiger partial charge in [-0.1, -0.05) is 18.2 Å². The van der Waals surface area contributed by atoms with Crippen LogP contribution in [-0.4, -0.2) is 27.4 Å². The summed E-state index contributed by atoms with van der Waals surface area (Å²) in [5, 5.41) is 0. The predicted octanol–water partition coefficient (Wildman–Crippen LogP) is 4.67. The summed E-state index contributed by atoms with van der Waals surface area (Å²) >= 11 is 0. The minimum Gasteiger partial charge on any atom is -0.491 e. The Bertz CT molecular complexity index is 928. The molecule has 0 spiro atoms. The van der Waals surface area contributed by atoms with Crippen LogP contribution in [0.3, 0.4) is 0 Å². The molecule has 0 atom stereocenters. The van der Waals surface area contributed by atoms with Crippen molar-refractivity contribution in [1.29, 1.82) is 0 Å². The lowest BCUT2D eigenvalue weighted by Crippen LogP contribution is -2.37. The number of anilines is 1. The van der Waals surface area contributed by atoms with Crippen LogP contribution in [0.25, 0.3) is 0 Å². The van der Waals surface area contributed by atoms with Gasteiger partial charge in [-0.2, -0.15) is 13.2 Å². The maximum Gasteiger partial charge on any atom is 0.416 e. The number of aldehydes is 1. The highest BCUT2D eigenvalue weighted by Gasteiger charge is 2.34. The number of benzene rings is 2. The van der Waals surface area contributed by atoms with Gasteiger partial charge in [0.05, 0.1) is 22.8 Å². The monoisotopic (exact) mass is 429 g/mol. The van der Waals surface area contributed by atoms with Crippen molar-refractivity contribution in [2.75, 3.05) is 10.9 Å². The number of hydrogen-bond acceptors (Lipinski definition) is 4. The van der Waals surface area contributed by atoms with E-state index in [9.17, 15) is 26.4 Å². The molecular weight excluding hydrogens is 407 g/mol. The molecule has 0 unspecified atom stereocenters. The summed E-state index contributed by atoms with van der Waals surface area (Å²) in [4.78, 5) is 10.5. The molecular formula is C20H22F3NO4S. The summed E-state index contributed by atoms with van der Waals surface area (Å²) in [6.07, 6.45) is -3.45. The van der Waals surface area contributed by atoms with Gasteiger partial charge >= 0.3 is 6.18 Å². The van der Waals surface area contributed by atoms with Gasteiger partial charge in [-0.05, 0) is 50.6 Å². The zero-order chi connectivity index (χ0) is 21.7. The Balaban J connectivity index is 2.56. The van der Waals surface area contributed by atoms with Crippen LogP contribution in [0.4, 0.5) is 18.9 Å². The molecule has 2 rings (SSSR count). The van der Waals surface area contributed by atoms with Crippen molar-refractivity contribution >= 4 is 22.0 Å². The SMILES string of the molecule is CC(C)N(c1ccc(C(F)(F)F)cc1OCCCC=O)S(=O)(=O)c1ccccc1. The molecule has 0 radical (unpaired) electrons. The molecule has 9 heteroatoms. The summed E-state index contributed by atoms with van der Waals surface area (Å²) in [6.45, 7) is 3.22. The molecule has 0 saturated heterocycles.